The number of hydrogen-bond donors (Lipinski definition) is 1. The van der Waals surface area contributed by atoms with Gasteiger partial charge < -0.3 is 9.63 Å². The van der Waals surface area contributed by atoms with E-state index in [1.807, 2.05) is 0 Å². The third-order valence-corrected chi connectivity index (χ3v) is 1.63. The van der Waals surface area contributed by atoms with Gasteiger partial charge in [0.05, 0.1) is 6.20 Å². The van der Waals surface area contributed by atoms with E-state index in [0.717, 1.165) is 5.56 Å². The van der Waals surface area contributed by atoms with Crippen molar-refractivity contribution in [3.05, 3.63) is 16.4 Å². The molecule has 4 heteroatoms. The summed E-state index contributed by atoms with van der Waals surface area (Å²) in [5, 5.41) is 12.0. The molecule has 0 atom stereocenters. The molecule has 1 heterocycles. The van der Waals surface area contributed by atoms with Crippen molar-refractivity contribution in [2.75, 3.05) is 6.61 Å². The average Bonchev–Trinajstić information content (AvgIpc) is 2.18. The summed E-state index contributed by atoms with van der Waals surface area (Å²) in [6.45, 7) is 0.125. The normalized spacial score (nSPS) is 10.0. The molecule has 0 aliphatic heterocycles. The number of nitrogens with zero attached hydrogens (tertiary/aromatic N) is 1. The second-order valence-corrected chi connectivity index (χ2v) is 2.32. The third kappa shape index (κ3) is 1.53. The molecule has 0 fully saturated rings. The van der Waals surface area contributed by atoms with Crippen LogP contribution in [-0.2, 0) is 6.42 Å². The van der Waals surface area contributed by atoms with E-state index in [0.29, 0.717) is 11.1 Å². The molecule has 0 radical (unpaired) electrons. The smallest absolute Gasteiger partial charge is 0.205 e. The molecule has 3 nitrogen and oxygen atoms in total. The predicted octanol–water partition coefficient (Wildman–Crippen LogP) is 0.972. The van der Waals surface area contributed by atoms with Gasteiger partial charge in [-0.1, -0.05) is 5.16 Å². The zero-order valence-corrected chi connectivity index (χ0v) is 6.26. The zero-order chi connectivity index (χ0) is 6.69. The van der Waals surface area contributed by atoms with Crippen LogP contribution in [0.2, 0.25) is 0 Å². The van der Waals surface area contributed by atoms with Crippen molar-refractivity contribution in [3.8, 4) is 0 Å². The van der Waals surface area contributed by atoms with Gasteiger partial charge in [-0.2, -0.15) is 0 Å². The SMILES string of the molecule is OCCc1cnoc1Br. The minimum Gasteiger partial charge on any atom is -0.396 e. The molecule has 0 aliphatic rings. The van der Waals surface area contributed by atoms with Gasteiger partial charge in [-0.15, -0.1) is 0 Å². The highest BCUT2D eigenvalue weighted by Crippen LogP contribution is 2.14. The number of halogens is 1. The second kappa shape index (κ2) is 2.98. The molecule has 0 spiro atoms. The molecule has 0 saturated carbocycles. The van der Waals surface area contributed by atoms with Gasteiger partial charge in [-0.05, 0) is 15.9 Å². The third-order valence-electron chi connectivity index (χ3n) is 0.975. The molecule has 0 amide bonds. The van der Waals surface area contributed by atoms with Crippen LogP contribution < -0.4 is 0 Å². The van der Waals surface area contributed by atoms with Crippen LogP contribution in [0.5, 0.6) is 0 Å². The maximum atomic E-state index is 8.47. The molecule has 0 bridgehead atoms. The number of aliphatic hydroxyl groups excluding tert-OH is 1. The summed E-state index contributed by atoms with van der Waals surface area (Å²) >= 11 is 3.13. The van der Waals surface area contributed by atoms with Crippen molar-refractivity contribution in [1.82, 2.24) is 5.16 Å². The Bertz CT molecular complexity index is 187. The molecule has 0 aliphatic carbocycles. The van der Waals surface area contributed by atoms with Crippen LogP contribution in [0.1, 0.15) is 5.56 Å². The van der Waals surface area contributed by atoms with Crippen LogP contribution in [0.25, 0.3) is 0 Å². The Morgan fingerprint density at radius 2 is 2.56 bits per heavy atom. The van der Waals surface area contributed by atoms with Crippen LogP contribution in [0, 0.1) is 0 Å². The van der Waals surface area contributed by atoms with Crippen molar-refractivity contribution in [2.24, 2.45) is 0 Å². The molecule has 1 N–H and O–H groups in total. The van der Waals surface area contributed by atoms with Crippen LogP contribution in [-0.4, -0.2) is 16.9 Å². The highest BCUT2D eigenvalue weighted by molar-refractivity contribution is 9.10. The van der Waals surface area contributed by atoms with Gasteiger partial charge in [0.25, 0.3) is 0 Å². The molecule has 0 unspecified atom stereocenters. The molecule has 1 rings (SSSR count). The number of aromatic nitrogens is 1. The standard InChI is InChI=1S/C5H6BrNO2/c6-5-4(1-2-8)3-7-9-5/h3,8H,1-2H2. The van der Waals surface area contributed by atoms with Crippen molar-refractivity contribution in [2.45, 2.75) is 6.42 Å². The highest BCUT2D eigenvalue weighted by atomic mass is 79.9. The summed E-state index contributed by atoms with van der Waals surface area (Å²) in [5.74, 6) is 0. The fourth-order valence-electron chi connectivity index (χ4n) is 0.529. The van der Waals surface area contributed by atoms with Gasteiger partial charge >= 0.3 is 0 Å². The quantitative estimate of drug-likeness (QED) is 0.759. The van der Waals surface area contributed by atoms with E-state index in [1.54, 1.807) is 6.20 Å². The lowest BCUT2D eigenvalue weighted by molar-refractivity contribution is 0.298. The summed E-state index contributed by atoms with van der Waals surface area (Å²) in [6, 6.07) is 0. The fourth-order valence-corrected chi connectivity index (χ4v) is 0.913. The topological polar surface area (TPSA) is 46.3 Å². The average molecular weight is 192 g/mol. The first-order valence-electron chi connectivity index (χ1n) is 2.54. The lowest BCUT2D eigenvalue weighted by Gasteiger charge is -1.87. The van der Waals surface area contributed by atoms with Gasteiger partial charge in [0.1, 0.15) is 0 Å². The van der Waals surface area contributed by atoms with Crippen LogP contribution in [0.15, 0.2) is 15.4 Å². The minimum absolute atomic E-state index is 0.125. The second-order valence-electron chi connectivity index (χ2n) is 1.60. The molecule has 1 aromatic heterocycles. The van der Waals surface area contributed by atoms with Gasteiger partial charge in [0.15, 0.2) is 0 Å². The largest absolute Gasteiger partial charge is 0.396 e. The van der Waals surface area contributed by atoms with Crippen LogP contribution >= 0.6 is 15.9 Å². The lowest BCUT2D eigenvalue weighted by Crippen LogP contribution is -1.87. The Kier molecular flexibility index (Phi) is 2.24. The Hall–Kier alpha value is -0.350. The first kappa shape index (κ1) is 6.77. The van der Waals surface area contributed by atoms with E-state index in [4.69, 9.17) is 5.11 Å². The zero-order valence-electron chi connectivity index (χ0n) is 4.67. The summed E-state index contributed by atoms with van der Waals surface area (Å²) in [5.41, 5.74) is 0.900. The van der Waals surface area contributed by atoms with E-state index in [1.165, 1.54) is 0 Å². The summed E-state index contributed by atoms with van der Waals surface area (Å²) in [4.78, 5) is 0. The fraction of sp³-hybridized carbons (Fsp3) is 0.400. The van der Waals surface area contributed by atoms with E-state index < -0.39 is 0 Å². The summed E-state index contributed by atoms with van der Waals surface area (Å²) in [7, 11) is 0. The number of hydrogen-bond acceptors (Lipinski definition) is 3. The Morgan fingerprint density at radius 3 is 3.00 bits per heavy atom. The van der Waals surface area contributed by atoms with Gasteiger partial charge in [-0.25, -0.2) is 0 Å². The van der Waals surface area contributed by atoms with E-state index in [9.17, 15) is 0 Å². The molecular formula is C5H6BrNO2. The molecular weight excluding hydrogens is 186 g/mol. The lowest BCUT2D eigenvalue weighted by atomic mass is 10.3. The predicted molar refractivity (Wildman–Crippen MR) is 35.0 cm³/mol. The maximum Gasteiger partial charge on any atom is 0.205 e. The number of rotatable bonds is 2. The molecule has 0 saturated heterocycles. The molecule has 50 valence electrons. The van der Waals surface area contributed by atoms with Crippen molar-refractivity contribution in [3.63, 3.8) is 0 Å². The molecule has 0 aromatic carbocycles. The van der Waals surface area contributed by atoms with E-state index >= 15 is 0 Å². The van der Waals surface area contributed by atoms with Gasteiger partial charge in [0.2, 0.25) is 4.67 Å². The van der Waals surface area contributed by atoms with Crippen LogP contribution in [0.4, 0.5) is 0 Å². The molecule has 9 heavy (non-hydrogen) atoms. The van der Waals surface area contributed by atoms with Crippen molar-refractivity contribution < 1.29 is 9.63 Å². The van der Waals surface area contributed by atoms with Crippen LogP contribution in [0.3, 0.4) is 0 Å². The van der Waals surface area contributed by atoms with E-state index in [-0.39, 0.29) is 6.61 Å². The van der Waals surface area contributed by atoms with Gasteiger partial charge in [-0.3, -0.25) is 0 Å². The van der Waals surface area contributed by atoms with Crippen molar-refractivity contribution in [1.29, 1.82) is 0 Å². The molecule has 1 aromatic rings. The minimum atomic E-state index is 0.125. The van der Waals surface area contributed by atoms with Crippen molar-refractivity contribution >= 4 is 15.9 Å². The first-order chi connectivity index (χ1) is 4.34. The summed E-state index contributed by atoms with van der Waals surface area (Å²) < 4.78 is 5.28. The Labute approximate surface area is 60.8 Å². The van der Waals surface area contributed by atoms with Gasteiger partial charge in [0, 0.05) is 18.6 Å². The number of aliphatic hydroxyl groups is 1. The summed E-state index contributed by atoms with van der Waals surface area (Å²) in [6.07, 6.45) is 2.17. The first-order valence-corrected chi connectivity index (χ1v) is 3.34. The Morgan fingerprint density at radius 1 is 1.78 bits per heavy atom. The highest BCUT2D eigenvalue weighted by Gasteiger charge is 2.01. The van der Waals surface area contributed by atoms with E-state index in [2.05, 4.69) is 25.6 Å². The maximum absolute atomic E-state index is 8.47. The Balaban J connectivity index is 2.69. The monoisotopic (exact) mass is 191 g/mol.